The maximum absolute atomic E-state index is 3.64. The van der Waals surface area contributed by atoms with Crippen molar-refractivity contribution in [3.63, 3.8) is 0 Å². The molecule has 1 aliphatic rings. The molecule has 0 aliphatic heterocycles. The Morgan fingerprint density at radius 2 is 1.94 bits per heavy atom. The van der Waals surface area contributed by atoms with Crippen LogP contribution in [0, 0.1) is 12.8 Å². The second-order valence-electron chi connectivity index (χ2n) is 6.13. The molecule has 1 aromatic rings. The van der Waals surface area contributed by atoms with Crippen LogP contribution in [0.15, 0.2) is 24.3 Å². The molecule has 18 heavy (non-hydrogen) atoms. The molecule has 1 N–H and O–H groups in total. The van der Waals surface area contributed by atoms with E-state index in [9.17, 15) is 0 Å². The first kappa shape index (κ1) is 13.6. The third-order valence-electron chi connectivity index (χ3n) is 4.19. The molecule has 0 amide bonds. The predicted octanol–water partition coefficient (Wildman–Crippen LogP) is 4.27. The summed E-state index contributed by atoms with van der Waals surface area (Å²) in [5, 5.41) is 3.64. The lowest BCUT2D eigenvalue weighted by Crippen LogP contribution is -2.30. The van der Waals surface area contributed by atoms with Crippen molar-refractivity contribution < 1.29 is 0 Å². The fourth-order valence-electron chi connectivity index (χ4n) is 3.18. The van der Waals surface area contributed by atoms with Gasteiger partial charge in [0.05, 0.1) is 0 Å². The van der Waals surface area contributed by atoms with Crippen molar-refractivity contribution in [1.29, 1.82) is 0 Å². The Morgan fingerprint density at radius 3 is 2.56 bits per heavy atom. The monoisotopic (exact) mass is 245 g/mol. The Hall–Kier alpha value is -0.820. The van der Waals surface area contributed by atoms with Crippen molar-refractivity contribution >= 4 is 0 Å². The van der Waals surface area contributed by atoms with Gasteiger partial charge in [-0.3, -0.25) is 0 Å². The Bertz CT molecular complexity index is 364. The molecule has 1 aromatic carbocycles. The van der Waals surface area contributed by atoms with Gasteiger partial charge in [0.15, 0.2) is 0 Å². The second-order valence-corrected chi connectivity index (χ2v) is 6.13. The van der Waals surface area contributed by atoms with Crippen LogP contribution in [0.25, 0.3) is 0 Å². The highest BCUT2D eigenvalue weighted by Crippen LogP contribution is 2.37. The zero-order valence-corrected chi connectivity index (χ0v) is 12.1. The Labute approximate surface area is 112 Å². The van der Waals surface area contributed by atoms with Crippen LogP contribution < -0.4 is 5.32 Å². The fraction of sp³-hybridized carbons (Fsp3) is 0.647. The predicted molar refractivity (Wildman–Crippen MR) is 79.0 cm³/mol. The molecule has 1 atom stereocenters. The molecule has 2 rings (SSSR count). The van der Waals surface area contributed by atoms with Gasteiger partial charge in [-0.15, -0.1) is 0 Å². The second kappa shape index (κ2) is 6.38. The van der Waals surface area contributed by atoms with Gasteiger partial charge in [-0.1, -0.05) is 56.5 Å². The van der Waals surface area contributed by atoms with Crippen molar-refractivity contribution in [3.8, 4) is 0 Å². The maximum atomic E-state index is 3.64. The summed E-state index contributed by atoms with van der Waals surface area (Å²) in [5.41, 5.74) is 2.93. The Balaban J connectivity index is 2.12. The summed E-state index contributed by atoms with van der Waals surface area (Å²) in [4.78, 5) is 0. The normalized spacial score (nSPS) is 18.4. The summed E-state index contributed by atoms with van der Waals surface area (Å²) in [6.07, 6.45) is 5.68. The highest BCUT2D eigenvalue weighted by atomic mass is 14.9. The number of hydrogen-bond donors (Lipinski definition) is 1. The van der Waals surface area contributed by atoms with Gasteiger partial charge in [0.1, 0.15) is 0 Å². The number of rotatable bonds is 5. The molecule has 0 saturated heterocycles. The molecule has 100 valence electrons. The van der Waals surface area contributed by atoms with Gasteiger partial charge in [0, 0.05) is 12.6 Å². The molecule has 1 unspecified atom stereocenters. The summed E-state index contributed by atoms with van der Waals surface area (Å²) in [7, 11) is 0. The summed E-state index contributed by atoms with van der Waals surface area (Å²) in [5.74, 6) is 1.59. The van der Waals surface area contributed by atoms with E-state index in [1.54, 1.807) is 0 Å². The Morgan fingerprint density at radius 1 is 1.22 bits per heavy atom. The number of aryl methyl sites for hydroxylation is 1. The van der Waals surface area contributed by atoms with Crippen molar-refractivity contribution in [3.05, 3.63) is 35.4 Å². The minimum Gasteiger partial charge on any atom is -0.314 e. The van der Waals surface area contributed by atoms with E-state index in [0.29, 0.717) is 12.0 Å². The zero-order chi connectivity index (χ0) is 13.0. The minimum absolute atomic E-state index is 0.582. The van der Waals surface area contributed by atoms with Gasteiger partial charge in [-0.25, -0.2) is 0 Å². The smallest absolute Gasteiger partial charge is 0.00251 e. The standard InChI is InChI=1S/C17H27N/c1-13(2)18-12-17(15-8-4-5-9-15)16-10-6-7-14(3)11-16/h6-7,10-11,13,15,17-18H,4-5,8-9,12H2,1-3H3. The third kappa shape index (κ3) is 3.58. The summed E-state index contributed by atoms with van der Waals surface area (Å²) in [6.45, 7) is 7.81. The van der Waals surface area contributed by atoms with Crippen molar-refractivity contribution in [2.24, 2.45) is 5.92 Å². The van der Waals surface area contributed by atoms with E-state index in [1.807, 2.05) is 0 Å². The molecular weight excluding hydrogens is 218 g/mol. The molecule has 1 saturated carbocycles. The lowest BCUT2D eigenvalue weighted by atomic mass is 9.84. The molecule has 0 aromatic heterocycles. The van der Waals surface area contributed by atoms with E-state index in [1.165, 1.54) is 36.8 Å². The Kier molecular flexibility index (Phi) is 4.82. The third-order valence-corrected chi connectivity index (χ3v) is 4.19. The number of benzene rings is 1. The van der Waals surface area contributed by atoms with Crippen LogP contribution in [0.4, 0.5) is 0 Å². The molecule has 0 heterocycles. The SMILES string of the molecule is Cc1cccc(C(CNC(C)C)C2CCCC2)c1. The molecule has 0 bridgehead atoms. The van der Waals surface area contributed by atoms with Gasteiger partial charge in [-0.2, -0.15) is 0 Å². The van der Waals surface area contributed by atoms with Crippen molar-refractivity contribution in [2.75, 3.05) is 6.54 Å². The van der Waals surface area contributed by atoms with Gasteiger partial charge in [0.25, 0.3) is 0 Å². The van der Waals surface area contributed by atoms with Crippen molar-refractivity contribution in [1.82, 2.24) is 5.32 Å². The fourth-order valence-corrected chi connectivity index (χ4v) is 3.18. The summed E-state index contributed by atoms with van der Waals surface area (Å²) < 4.78 is 0. The number of nitrogens with one attached hydrogen (secondary N) is 1. The first-order valence-electron chi connectivity index (χ1n) is 7.47. The highest BCUT2D eigenvalue weighted by molar-refractivity contribution is 5.26. The van der Waals surface area contributed by atoms with Crippen LogP contribution in [-0.4, -0.2) is 12.6 Å². The van der Waals surface area contributed by atoms with E-state index in [-0.39, 0.29) is 0 Å². The van der Waals surface area contributed by atoms with Crippen LogP contribution >= 0.6 is 0 Å². The molecule has 1 heteroatoms. The first-order chi connectivity index (χ1) is 8.66. The molecule has 1 nitrogen and oxygen atoms in total. The van der Waals surface area contributed by atoms with Crippen LogP contribution in [-0.2, 0) is 0 Å². The molecular formula is C17H27N. The lowest BCUT2D eigenvalue weighted by Gasteiger charge is -2.26. The van der Waals surface area contributed by atoms with Crippen LogP contribution in [0.2, 0.25) is 0 Å². The zero-order valence-electron chi connectivity index (χ0n) is 12.1. The summed E-state index contributed by atoms with van der Waals surface area (Å²) in [6, 6.07) is 9.69. The van der Waals surface area contributed by atoms with E-state index >= 15 is 0 Å². The average molecular weight is 245 g/mol. The topological polar surface area (TPSA) is 12.0 Å². The molecule has 1 aliphatic carbocycles. The van der Waals surface area contributed by atoms with Gasteiger partial charge in [-0.05, 0) is 37.2 Å². The molecule has 0 radical (unpaired) electrons. The van der Waals surface area contributed by atoms with E-state index in [4.69, 9.17) is 0 Å². The van der Waals surface area contributed by atoms with Crippen LogP contribution in [0.1, 0.15) is 56.6 Å². The lowest BCUT2D eigenvalue weighted by molar-refractivity contribution is 0.398. The average Bonchev–Trinajstić information content (AvgIpc) is 2.83. The summed E-state index contributed by atoms with van der Waals surface area (Å²) >= 11 is 0. The van der Waals surface area contributed by atoms with Gasteiger partial charge in [0.2, 0.25) is 0 Å². The van der Waals surface area contributed by atoms with E-state index in [2.05, 4.69) is 50.4 Å². The quantitative estimate of drug-likeness (QED) is 0.817. The van der Waals surface area contributed by atoms with E-state index < -0.39 is 0 Å². The van der Waals surface area contributed by atoms with E-state index in [0.717, 1.165) is 12.5 Å². The van der Waals surface area contributed by atoms with Crippen molar-refractivity contribution in [2.45, 2.75) is 58.4 Å². The van der Waals surface area contributed by atoms with Crippen LogP contribution in [0.5, 0.6) is 0 Å². The molecule has 1 fully saturated rings. The largest absolute Gasteiger partial charge is 0.314 e. The maximum Gasteiger partial charge on any atom is 0.00251 e. The minimum atomic E-state index is 0.582. The van der Waals surface area contributed by atoms with Gasteiger partial charge < -0.3 is 5.32 Å². The van der Waals surface area contributed by atoms with Crippen LogP contribution in [0.3, 0.4) is 0 Å². The number of hydrogen-bond acceptors (Lipinski definition) is 1. The van der Waals surface area contributed by atoms with Gasteiger partial charge >= 0.3 is 0 Å². The highest BCUT2D eigenvalue weighted by Gasteiger charge is 2.26. The first-order valence-corrected chi connectivity index (χ1v) is 7.47. The molecule has 0 spiro atoms.